The smallest absolute Gasteiger partial charge is 0.368 e. The van der Waals surface area contributed by atoms with Crippen LogP contribution in [0.5, 0.6) is 0 Å². The summed E-state index contributed by atoms with van der Waals surface area (Å²) in [4.78, 5) is 16.9. The van der Waals surface area contributed by atoms with Crippen molar-refractivity contribution in [3.05, 3.63) is 11.8 Å². The fourth-order valence-electron chi connectivity index (χ4n) is 0.879. The number of anilines is 2. The molecule has 0 aliphatic rings. The first kappa shape index (κ1) is 12.0. The molecule has 0 bridgehead atoms. The van der Waals surface area contributed by atoms with E-state index in [4.69, 9.17) is 11.5 Å². The molecule has 0 saturated carbocycles. The van der Waals surface area contributed by atoms with Crippen molar-refractivity contribution in [2.24, 2.45) is 5.73 Å². The Morgan fingerprint density at radius 1 is 1.44 bits per heavy atom. The van der Waals surface area contributed by atoms with Gasteiger partial charge < -0.3 is 16.8 Å². The maximum Gasteiger partial charge on any atom is 0.433 e. The molecule has 0 atom stereocenters. The Hall–Kier alpha value is -2.06. The Balaban J connectivity index is 2.94. The second-order valence-electron chi connectivity index (χ2n) is 2.81. The molecule has 88 valence electrons. The Morgan fingerprint density at radius 3 is 2.56 bits per heavy atom. The summed E-state index contributed by atoms with van der Waals surface area (Å²) in [5, 5.41) is 2.29. The van der Waals surface area contributed by atoms with Crippen LogP contribution in [0.2, 0.25) is 0 Å². The van der Waals surface area contributed by atoms with Gasteiger partial charge in [0.15, 0.2) is 5.69 Å². The largest absolute Gasteiger partial charge is 0.433 e. The third-order valence-corrected chi connectivity index (χ3v) is 1.48. The molecule has 1 aromatic rings. The maximum absolute atomic E-state index is 12.3. The van der Waals surface area contributed by atoms with Crippen LogP contribution in [0.3, 0.4) is 0 Å². The summed E-state index contributed by atoms with van der Waals surface area (Å²) in [7, 11) is 0. The van der Waals surface area contributed by atoms with Crippen molar-refractivity contribution in [2.45, 2.75) is 6.18 Å². The predicted molar refractivity (Wildman–Crippen MR) is 49.1 cm³/mol. The highest BCUT2D eigenvalue weighted by molar-refractivity contribution is 5.78. The van der Waals surface area contributed by atoms with Gasteiger partial charge in [-0.3, -0.25) is 4.79 Å². The number of amides is 1. The van der Waals surface area contributed by atoms with Crippen LogP contribution in [0.15, 0.2) is 6.07 Å². The summed E-state index contributed by atoms with van der Waals surface area (Å²) >= 11 is 0. The van der Waals surface area contributed by atoms with Gasteiger partial charge in [0, 0.05) is 6.07 Å². The molecule has 0 spiro atoms. The monoisotopic (exact) mass is 235 g/mol. The molecule has 0 radical (unpaired) electrons. The standard InChI is InChI=1S/C7H8F3N5O/c8-7(9,10)3-1-5(13-2-4(11)16)15-6(12)14-3/h1H,2H2,(H2,11,16)(H3,12,13,14,15). The van der Waals surface area contributed by atoms with Crippen LogP contribution >= 0.6 is 0 Å². The summed E-state index contributed by atoms with van der Waals surface area (Å²) in [5.41, 5.74) is 8.70. The average molecular weight is 235 g/mol. The van der Waals surface area contributed by atoms with Gasteiger partial charge in [0.1, 0.15) is 5.82 Å². The van der Waals surface area contributed by atoms with Gasteiger partial charge >= 0.3 is 6.18 Å². The first-order chi connectivity index (χ1) is 7.29. The van der Waals surface area contributed by atoms with Gasteiger partial charge in [-0.05, 0) is 0 Å². The topological polar surface area (TPSA) is 107 Å². The normalized spacial score (nSPS) is 11.2. The molecule has 6 nitrogen and oxygen atoms in total. The number of carbonyl (C=O) groups is 1. The highest BCUT2D eigenvalue weighted by Crippen LogP contribution is 2.29. The fraction of sp³-hybridized carbons (Fsp3) is 0.286. The highest BCUT2D eigenvalue weighted by Gasteiger charge is 2.33. The molecule has 0 aliphatic heterocycles. The molecule has 16 heavy (non-hydrogen) atoms. The molecular formula is C7H8F3N5O. The van der Waals surface area contributed by atoms with E-state index in [1.807, 2.05) is 0 Å². The minimum atomic E-state index is -4.62. The van der Waals surface area contributed by atoms with Crippen molar-refractivity contribution in [3.8, 4) is 0 Å². The first-order valence-corrected chi connectivity index (χ1v) is 4.03. The lowest BCUT2D eigenvalue weighted by Gasteiger charge is -2.09. The summed E-state index contributed by atoms with van der Waals surface area (Å²) in [5.74, 6) is -1.48. The van der Waals surface area contributed by atoms with Gasteiger partial charge in [-0.2, -0.15) is 18.2 Å². The van der Waals surface area contributed by atoms with Gasteiger partial charge in [0.05, 0.1) is 6.54 Å². The quantitative estimate of drug-likeness (QED) is 0.682. The van der Waals surface area contributed by atoms with Gasteiger partial charge in [0.25, 0.3) is 0 Å². The minimum absolute atomic E-state index is 0.210. The third-order valence-electron chi connectivity index (χ3n) is 1.48. The Morgan fingerprint density at radius 2 is 2.06 bits per heavy atom. The fourth-order valence-corrected chi connectivity index (χ4v) is 0.879. The minimum Gasteiger partial charge on any atom is -0.368 e. The average Bonchev–Trinajstić information content (AvgIpc) is 2.12. The van der Waals surface area contributed by atoms with E-state index < -0.39 is 23.7 Å². The van der Waals surface area contributed by atoms with Gasteiger partial charge in [-0.25, -0.2) is 4.98 Å². The Bertz CT molecular complexity index is 405. The molecule has 1 aromatic heterocycles. The zero-order chi connectivity index (χ0) is 12.3. The van der Waals surface area contributed by atoms with Gasteiger partial charge in [0.2, 0.25) is 11.9 Å². The van der Waals surface area contributed by atoms with E-state index in [1.165, 1.54) is 0 Å². The summed E-state index contributed by atoms with van der Waals surface area (Å²) in [6.07, 6.45) is -4.62. The van der Waals surface area contributed by atoms with E-state index in [0.717, 1.165) is 0 Å². The number of hydrogen-bond donors (Lipinski definition) is 3. The van der Waals surface area contributed by atoms with E-state index >= 15 is 0 Å². The number of primary amides is 1. The number of nitrogen functional groups attached to an aromatic ring is 1. The lowest BCUT2D eigenvalue weighted by molar-refractivity contribution is -0.141. The summed E-state index contributed by atoms with van der Waals surface area (Å²) in [6, 6.07) is 0.638. The number of nitrogens with two attached hydrogens (primary N) is 2. The zero-order valence-electron chi connectivity index (χ0n) is 7.88. The SMILES string of the molecule is NC(=O)CNc1cc(C(F)(F)F)nc(N)n1. The van der Waals surface area contributed by atoms with Crippen LogP contribution in [-0.4, -0.2) is 22.4 Å². The molecule has 0 aromatic carbocycles. The number of nitrogens with zero attached hydrogens (tertiary/aromatic N) is 2. The lowest BCUT2D eigenvalue weighted by atomic mass is 10.3. The molecular weight excluding hydrogens is 227 g/mol. The second-order valence-corrected chi connectivity index (χ2v) is 2.81. The summed E-state index contributed by atoms with van der Waals surface area (Å²) in [6.45, 7) is -0.340. The number of aromatic nitrogens is 2. The summed E-state index contributed by atoms with van der Waals surface area (Å²) < 4.78 is 36.8. The van der Waals surface area contributed by atoms with Crippen molar-refractivity contribution < 1.29 is 18.0 Å². The number of hydrogen-bond acceptors (Lipinski definition) is 5. The number of halogens is 3. The Kier molecular flexibility index (Phi) is 3.16. The van der Waals surface area contributed by atoms with Crippen LogP contribution in [0, 0.1) is 0 Å². The van der Waals surface area contributed by atoms with Crippen molar-refractivity contribution in [2.75, 3.05) is 17.6 Å². The third kappa shape index (κ3) is 3.26. The van der Waals surface area contributed by atoms with Crippen LogP contribution in [0.1, 0.15) is 5.69 Å². The number of carbonyl (C=O) groups excluding carboxylic acids is 1. The number of nitrogens with one attached hydrogen (secondary N) is 1. The lowest BCUT2D eigenvalue weighted by Crippen LogP contribution is -2.23. The molecule has 5 N–H and O–H groups in total. The molecule has 9 heteroatoms. The van der Waals surface area contributed by atoms with E-state index in [0.29, 0.717) is 6.07 Å². The van der Waals surface area contributed by atoms with E-state index in [-0.39, 0.29) is 12.4 Å². The van der Waals surface area contributed by atoms with Crippen molar-refractivity contribution >= 4 is 17.7 Å². The van der Waals surface area contributed by atoms with Crippen molar-refractivity contribution in [1.29, 1.82) is 0 Å². The van der Waals surface area contributed by atoms with Crippen LogP contribution in [-0.2, 0) is 11.0 Å². The molecule has 1 amide bonds. The van der Waals surface area contributed by atoms with Crippen LogP contribution < -0.4 is 16.8 Å². The van der Waals surface area contributed by atoms with E-state index in [9.17, 15) is 18.0 Å². The Labute approximate surface area is 87.9 Å². The molecule has 0 aliphatic carbocycles. The van der Waals surface area contributed by atoms with Gasteiger partial charge in [-0.1, -0.05) is 0 Å². The number of alkyl halides is 3. The molecule has 1 rings (SSSR count). The van der Waals surface area contributed by atoms with Crippen molar-refractivity contribution in [3.63, 3.8) is 0 Å². The second kappa shape index (κ2) is 4.21. The van der Waals surface area contributed by atoms with Gasteiger partial charge in [-0.15, -0.1) is 0 Å². The van der Waals surface area contributed by atoms with E-state index in [1.54, 1.807) is 0 Å². The predicted octanol–water partition coefficient (Wildman–Crippen LogP) is -0.0252. The van der Waals surface area contributed by atoms with E-state index in [2.05, 4.69) is 15.3 Å². The maximum atomic E-state index is 12.3. The van der Waals surface area contributed by atoms with Crippen molar-refractivity contribution in [1.82, 2.24) is 9.97 Å². The van der Waals surface area contributed by atoms with Crippen LogP contribution in [0.4, 0.5) is 24.9 Å². The highest BCUT2D eigenvalue weighted by atomic mass is 19.4. The first-order valence-electron chi connectivity index (χ1n) is 4.03. The molecule has 0 saturated heterocycles. The molecule has 0 fully saturated rings. The zero-order valence-corrected chi connectivity index (χ0v) is 7.88. The molecule has 1 heterocycles. The molecule has 0 unspecified atom stereocenters. The van der Waals surface area contributed by atoms with Crippen LogP contribution in [0.25, 0.3) is 0 Å². The number of rotatable bonds is 3.